The van der Waals surface area contributed by atoms with Gasteiger partial charge in [0, 0.05) is 36.9 Å². The van der Waals surface area contributed by atoms with Crippen LogP contribution in [0.1, 0.15) is 0 Å². The van der Waals surface area contributed by atoms with Gasteiger partial charge in [-0.1, -0.05) is 176 Å². The Morgan fingerprint density at radius 3 is 1.16 bits per heavy atom. The van der Waals surface area contributed by atoms with E-state index in [0.717, 1.165) is 33.4 Å². The molecule has 0 bridgehead atoms. The first-order valence-corrected chi connectivity index (χ1v) is 19.3. The number of hydrogen-bond donors (Lipinski definition) is 0. The smallest absolute Gasteiger partial charge is 0.164 e. The molecule has 10 aromatic rings. The Bertz CT molecular complexity index is 2900. The number of aromatic nitrogens is 3. The van der Waals surface area contributed by atoms with E-state index in [4.69, 9.17) is 15.0 Å². The highest BCUT2D eigenvalue weighted by Crippen LogP contribution is 2.45. The molecule has 0 aliphatic heterocycles. The van der Waals surface area contributed by atoms with E-state index in [1.165, 1.54) is 48.0 Å². The summed E-state index contributed by atoms with van der Waals surface area (Å²) in [6, 6.07) is 70.5. The molecule has 3 nitrogen and oxygen atoms in total. The van der Waals surface area contributed by atoms with Crippen molar-refractivity contribution in [1.82, 2.24) is 15.0 Å². The van der Waals surface area contributed by atoms with E-state index in [0.29, 0.717) is 17.5 Å². The van der Waals surface area contributed by atoms with Crippen LogP contribution in [-0.2, 0) is 0 Å². The molecule has 2 aromatic heterocycles. The highest BCUT2D eigenvalue weighted by atomic mass is 32.1. The third kappa shape index (κ3) is 6.29. The molecule has 0 N–H and O–H groups in total. The van der Waals surface area contributed by atoms with Gasteiger partial charge in [0.25, 0.3) is 0 Å². The Balaban J connectivity index is 1.17. The Kier molecular flexibility index (Phi) is 8.36. The highest BCUT2D eigenvalue weighted by molar-refractivity contribution is 7.26. The van der Waals surface area contributed by atoms with Gasteiger partial charge in [-0.15, -0.1) is 11.3 Å². The van der Waals surface area contributed by atoms with Gasteiger partial charge in [0.05, 0.1) is 0 Å². The van der Waals surface area contributed by atoms with Crippen molar-refractivity contribution in [3.8, 4) is 78.7 Å². The molecule has 0 saturated heterocycles. The summed E-state index contributed by atoms with van der Waals surface area (Å²) in [4.78, 5) is 15.2. The van der Waals surface area contributed by atoms with E-state index in [9.17, 15) is 0 Å². The maximum Gasteiger partial charge on any atom is 0.164 e. The van der Waals surface area contributed by atoms with Gasteiger partial charge in [-0.3, -0.25) is 0 Å². The molecule has 0 spiro atoms. The van der Waals surface area contributed by atoms with Crippen LogP contribution in [0.15, 0.2) is 200 Å². The van der Waals surface area contributed by atoms with Crippen molar-refractivity contribution in [3.63, 3.8) is 0 Å². The zero-order valence-electron chi connectivity index (χ0n) is 29.8. The summed E-state index contributed by atoms with van der Waals surface area (Å²) in [5, 5.41) is 2.52. The number of nitrogens with zero attached hydrogens (tertiary/aromatic N) is 3. The molecule has 0 aliphatic carbocycles. The summed E-state index contributed by atoms with van der Waals surface area (Å²) in [5.74, 6) is 1.93. The van der Waals surface area contributed by atoms with Crippen molar-refractivity contribution in [1.29, 1.82) is 0 Å². The Morgan fingerprint density at radius 2 is 0.618 bits per heavy atom. The molecule has 55 heavy (non-hydrogen) atoms. The van der Waals surface area contributed by atoms with Crippen LogP contribution in [0.2, 0.25) is 0 Å². The molecule has 0 amide bonds. The quantitative estimate of drug-likeness (QED) is 0.165. The van der Waals surface area contributed by atoms with Gasteiger partial charge in [-0.25, -0.2) is 15.0 Å². The lowest BCUT2D eigenvalue weighted by Crippen LogP contribution is -2.00. The summed E-state index contributed by atoms with van der Waals surface area (Å²) in [5.41, 5.74) is 12.3. The van der Waals surface area contributed by atoms with Crippen molar-refractivity contribution in [3.05, 3.63) is 200 Å². The molecule has 8 aromatic carbocycles. The summed E-state index contributed by atoms with van der Waals surface area (Å²) in [6.07, 6.45) is 0. The van der Waals surface area contributed by atoms with Crippen LogP contribution in [0, 0.1) is 0 Å². The van der Waals surface area contributed by atoms with Crippen LogP contribution in [0.5, 0.6) is 0 Å². The van der Waals surface area contributed by atoms with E-state index >= 15 is 0 Å². The molecule has 0 radical (unpaired) electrons. The number of thiophene rings is 1. The third-order valence-corrected chi connectivity index (χ3v) is 11.4. The molecule has 10 rings (SSSR count). The molecule has 2 heterocycles. The minimum absolute atomic E-state index is 0.635. The largest absolute Gasteiger partial charge is 0.208 e. The highest BCUT2D eigenvalue weighted by Gasteiger charge is 2.18. The fraction of sp³-hybridized carbons (Fsp3) is 0. The van der Waals surface area contributed by atoms with Crippen LogP contribution in [0.4, 0.5) is 0 Å². The van der Waals surface area contributed by atoms with E-state index in [1.807, 2.05) is 72.0 Å². The number of hydrogen-bond acceptors (Lipinski definition) is 4. The van der Waals surface area contributed by atoms with E-state index in [1.54, 1.807) is 0 Å². The lowest BCUT2D eigenvalue weighted by atomic mass is 9.94. The van der Waals surface area contributed by atoms with Crippen molar-refractivity contribution < 1.29 is 0 Å². The molecular weight excluding hydrogens is 687 g/mol. The number of benzene rings is 8. The maximum atomic E-state index is 5.12. The maximum absolute atomic E-state index is 5.12. The van der Waals surface area contributed by atoms with Crippen LogP contribution >= 0.6 is 11.3 Å². The Hall–Kier alpha value is -7.01. The van der Waals surface area contributed by atoms with Gasteiger partial charge in [-0.05, 0) is 68.8 Å². The van der Waals surface area contributed by atoms with Crippen molar-refractivity contribution >= 4 is 31.5 Å². The summed E-state index contributed by atoms with van der Waals surface area (Å²) < 4.78 is 2.54. The van der Waals surface area contributed by atoms with Gasteiger partial charge < -0.3 is 0 Å². The summed E-state index contributed by atoms with van der Waals surface area (Å²) in [7, 11) is 0. The first-order chi connectivity index (χ1) is 27.2. The fourth-order valence-corrected chi connectivity index (χ4v) is 8.79. The van der Waals surface area contributed by atoms with Crippen molar-refractivity contribution in [2.75, 3.05) is 0 Å². The monoisotopic (exact) mass is 719 g/mol. The van der Waals surface area contributed by atoms with Crippen LogP contribution in [0.3, 0.4) is 0 Å². The van der Waals surface area contributed by atoms with E-state index in [2.05, 4.69) is 140 Å². The second kappa shape index (κ2) is 14.1. The van der Waals surface area contributed by atoms with Gasteiger partial charge in [0.1, 0.15) is 0 Å². The van der Waals surface area contributed by atoms with Crippen LogP contribution in [-0.4, -0.2) is 15.0 Å². The minimum atomic E-state index is 0.635. The van der Waals surface area contributed by atoms with Gasteiger partial charge in [-0.2, -0.15) is 0 Å². The lowest BCUT2D eigenvalue weighted by molar-refractivity contribution is 1.07. The van der Waals surface area contributed by atoms with E-state index < -0.39 is 0 Å². The normalized spacial score (nSPS) is 11.3. The zero-order chi connectivity index (χ0) is 36.6. The predicted octanol–water partition coefficient (Wildman–Crippen LogP) is 13.9. The molecule has 258 valence electrons. The standard InChI is InChI=1S/C51H33N3S/c1-5-16-34(17-6-1)38-24-13-25-39(30-38)43-26-14-28-45-46-29-15-27-44(48(46)55-47(43)45)41-31-40(35-18-7-2-8-19-35)32-42(33-41)51-53-49(36-20-9-3-10-21-36)52-50(54-51)37-22-11-4-12-23-37/h1-33H. The van der Waals surface area contributed by atoms with Gasteiger partial charge in [0.15, 0.2) is 17.5 Å². The van der Waals surface area contributed by atoms with Crippen molar-refractivity contribution in [2.45, 2.75) is 0 Å². The lowest BCUT2D eigenvalue weighted by Gasteiger charge is -2.13. The topological polar surface area (TPSA) is 38.7 Å². The van der Waals surface area contributed by atoms with Crippen molar-refractivity contribution in [2.24, 2.45) is 0 Å². The molecule has 0 aliphatic rings. The minimum Gasteiger partial charge on any atom is -0.208 e. The predicted molar refractivity (Wildman–Crippen MR) is 231 cm³/mol. The summed E-state index contributed by atoms with van der Waals surface area (Å²) in [6.45, 7) is 0. The van der Waals surface area contributed by atoms with Crippen LogP contribution in [0.25, 0.3) is 98.8 Å². The number of fused-ring (bicyclic) bond motifs is 3. The van der Waals surface area contributed by atoms with Gasteiger partial charge >= 0.3 is 0 Å². The second-order valence-electron chi connectivity index (χ2n) is 13.6. The first-order valence-electron chi connectivity index (χ1n) is 18.4. The third-order valence-electron chi connectivity index (χ3n) is 10.1. The number of rotatable bonds is 7. The zero-order valence-corrected chi connectivity index (χ0v) is 30.6. The fourth-order valence-electron chi connectivity index (χ4n) is 7.42. The Morgan fingerprint density at radius 1 is 0.255 bits per heavy atom. The second-order valence-corrected chi connectivity index (χ2v) is 14.6. The van der Waals surface area contributed by atoms with E-state index in [-0.39, 0.29) is 0 Å². The van der Waals surface area contributed by atoms with Crippen LogP contribution < -0.4 is 0 Å². The van der Waals surface area contributed by atoms with Gasteiger partial charge in [0.2, 0.25) is 0 Å². The SMILES string of the molecule is c1ccc(-c2cccc(-c3cccc4c3sc3c(-c5cc(-c6ccccc6)cc(-c6nc(-c7ccccc7)nc(-c7ccccc7)n6)c5)cccc34)c2)cc1. The average molecular weight is 720 g/mol. The molecule has 0 atom stereocenters. The molecular formula is C51H33N3S. The molecule has 0 unspecified atom stereocenters. The molecule has 4 heteroatoms. The Labute approximate surface area is 323 Å². The summed E-state index contributed by atoms with van der Waals surface area (Å²) >= 11 is 1.87. The first kappa shape index (κ1) is 32.6. The molecule has 0 fully saturated rings. The average Bonchev–Trinajstić information content (AvgIpc) is 3.67. The molecule has 0 saturated carbocycles.